The van der Waals surface area contributed by atoms with Gasteiger partial charge in [-0.1, -0.05) is 40.0 Å². The van der Waals surface area contributed by atoms with E-state index >= 15 is 0 Å². The molecule has 0 aromatic carbocycles. The number of hydrogen-bond acceptors (Lipinski definition) is 2. The van der Waals surface area contributed by atoms with Gasteiger partial charge in [-0.3, -0.25) is 4.90 Å². The molecule has 0 aromatic heterocycles. The van der Waals surface area contributed by atoms with Gasteiger partial charge in [0.15, 0.2) is 0 Å². The van der Waals surface area contributed by atoms with Crippen LogP contribution in [0.5, 0.6) is 0 Å². The molecule has 2 aliphatic carbocycles. The molecule has 0 radical (unpaired) electrons. The van der Waals surface area contributed by atoms with Gasteiger partial charge < -0.3 is 5.11 Å². The standard InChI is InChI=1S/C17H33NO/c1-4-14(3)13-18(5-2)16-12-15(19)8-11-17(16)9-6-7-10-17/h14-16,19H,4-13H2,1-3H3. The summed E-state index contributed by atoms with van der Waals surface area (Å²) in [5.41, 5.74) is 0.544. The topological polar surface area (TPSA) is 23.5 Å². The number of rotatable bonds is 5. The first-order chi connectivity index (χ1) is 9.11. The van der Waals surface area contributed by atoms with Crippen LogP contribution in [-0.4, -0.2) is 35.2 Å². The van der Waals surface area contributed by atoms with Crippen molar-refractivity contribution in [3.8, 4) is 0 Å². The minimum atomic E-state index is -0.0535. The van der Waals surface area contributed by atoms with E-state index in [0.717, 1.165) is 25.3 Å². The highest BCUT2D eigenvalue weighted by atomic mass is 16.3. The fourth-order valence-corrected chi connectivity index (χ4v) is 4.45. The zero-order chi connectivity index (χ0) is 13.9. The SMILES string of the molecule is CCC(C)CN(CC)C1CC(O)CCC12CCCC2. The lowest BCUT2D eigenvalue weighted by Crippen LogP contribution is -2.52. The maximum atomic E-state index is 10.1. The first-order valence-corrected chi connectivity index (χ1v) is 8.53. The molecule has 0 amide bonds. The van der Waals surface area contributed by atoms with E-state index in [-0.39, 0.29) is 6.10 Å². The summed E-state index contributed by atoms with van der Waals surface area (Å²) in [6, 6.07) is 0.637. The predicted molar refractivity (Wildman–Crippen MR) is 81.2 cm³/mol. The van der Waals surface area contributed by atoms with E-state index in [1.165, 1.54) is 45.1 Å². The second-order valence-corrected chi connectivity index (χ2v) is 7.11. The van der Waals surface area contributed by atoms with Gasteiger partial charge in [0, 0.05) is 12.6 Å². The molecular formula is C17H33NO. The smallest absolute Gasteiger partial charge is 0.0555 e. The summed E-state index contributed by atoms with van der Waals surface area (Å²) in [4.78, 5) is 2.70. The van der Waals surface area contributed by atoms with Crippen molar-refractivity contribution in [2.24, 2.45) is 11.3 Å². The summed E-state index contributed by atoms with van der Waals surface area (Å²) in [7, 11) is 0. The van der Waals surface area contributed by atoms with Crippen LogP contribution in [0.15, 0.2) is 0 Å². The number of nitrogens with zero attached hydrogens (tertiary/aromatic N) is 1. The van der Waals surface area contributed by atoms with Crippen LogP contribution in [-0.2, 0) is 0 Å². The van der Waals surface area contributed by atoms with Crippen LogP contribution in [0.1, 0.15) is 72.1 Å². The summed E-state index contributed by atoms with van der Waals surface area (Å²) in [5, 5.41) is 10.1. The van der Waals surface area contributed by atoms with Crippen molar-refractivity contribution in [3.63, 3.8) is 0 Å². The Labute approximate surface area is 119 Å². The maximum Gasteiger partial charge on any atom is 0.0555 e. The third kappa shape index (κ3) is 3.33. The highest BCUT2D eigenvalue weighted by Crippen LogP contribution is 2.51. The van der Waals surface area contributed by atoms with E-state index in [1.807, 2.05) is 0 Å². The molecule has 1 spiro atoms. The second kappa shape index (κ2) is 6.58. The van der Waals surface area contributed by atoms with Crippen molar-refractivity contribution in [2.75, 3.05) is 13.1 Å². The second-order valence-electron chi connectivity index (χ2n) is 7.11. The van der Waals surface area contributed by atoms with Crippen LogP contribution in [0.3, 0.4) is 0 Å². The molecule has 19 heavy (non-hydrogen) atoms. The molecule has 1 N–H and O–H groups in total. The van der Waals surface area contributed by atoms with Gasteiger partial charge in [-0.05, 0) is 50.0 Å². The molecule has 2 nitrogen and oxygen atoms in total. The maximum absolute atomic E-state index is 10.1. The Kier molecular flexibility index (Phi) is 5.30. The molecule has 2 rings (SSSR count). The van der Waals surface area contributed by atoms with E-state index in [1.54, 1.807) is 0 Å². The lowest BCUT2D eigenvalue weighted by molar-refractivity contribution is -0.0292. The number of aliphatic hydroxyl groups is 1. The lowest BCUT2D eigenvalue weighted by Gasteiger charge is -2.49. The Hall–Kier alpha value is -0.0800. The van der Waals surface area contributed by atoms with Crippen LogP contribution >= 0.6 is 0 Å². The molecule has 112 valence electrons. The molecule has 3 atom stereocenters. The molecule has 3 unspecified atom stereocenters. The molecule has 0 heterocycles. The van der Waals surface area contributed by atoms with E-state index in [2.05, 4.69) is 25.7 Å². The van der Waals surface area contributed by atoms with Crippen molar-refractivity contribution in [1.82, 2.24) is 4.90 Å². The van der Waals surface area contributed by atoms with Crippen LogP contribution in [0.25, 0.3) is 0 Å². The van der Waals surface area contributed by atoms with Crippen molar-refractivity contribution in [1.29, 1.82) is 0 Å². The Morgan fingerprint density at radius 2 is 1.89 bits per heavy atom. The number of hydrogen-bond donors (Lipinski definition) is 1. The van der Waals surface area contributed by atoms with Crippen molar-refractivity contribution < 1.29 is 5.11 Å². The lowest BCUT2D eigenvalue weighted by atomic mass is 9.67. The normalized spacial score (nSPS) is 32.1. The molecule has 0 aromatic rings. The van der Waals surface area contributed by atoms with Gasteiger partial charge >= 0.3 is 0 Å². The molecule has 0 aliphatic heterocycles. The van der Waals surface area contributed by atoms with Gasteiger partial charge in [-0.15, -0.1) is 0 Å². The highest BCUT2D eigenvalue weighted by Gasteiger charge is 2.46. The average Bonchev–Trinajstić information content (AvgIpc) is 2.88. The summed E-state index contributed by atoms with van der Waals surface area (Å²) in [6.07, 6.45) is 10.2. The molecule has 2 aliphatic rings. The Balaban J connectivity index is 2.11. The molecule has 2 saturated carbocycles. The molecule has 0 bridgehead atoms. The summed E-state index contributed by atoms with van der Waals surface area (Å²) in [6.45, 7) is 9.31. The van der Waals surface area contributed by atoms with E-state index < -0.39 is 0 Å². The third-order valence-corrected chi connectivity index (χ3v) is 5.87. The van der Waals surface area contributed by atoms with Gasteiger partial charge in [-0.2, -0.15) is 0 Å². The quantitative estimate of drug-likeness (QED) is 0.818. The largest absolute Gasteiger partial charge is 0.393 e. The van der Waals surface area contributed by atoms with Gasteiger partial charge in [0.2, 0.25) is 0 Å². The Morgan fingerprint density at radius 1 is 1.21 bits per heavy atom. The van der Waals surface area contributed by atoms with Gasteiger partial charge in [-0.25, -0.2) is 0 Å². The molecule has 2 fully saturated rings. The van der Waals surface area contributed by atoms with E-state index in [0.29, 0.717) is 11.5 Å². The molecule has 0 saturated heterocycles. The van der Waals surface area contributed by atoms with E-state index in [4.69, 9.17) is 0 Å². The Morgan fingerprint density at radius 3 is 2.47 bits per heavy atom. The van der Waals surface area contributed by atoms with Crippen LogP contribution in [0.4, 0.5) is 0 Å². The fourth-order valence-electron chi connectivity index (χ4n) is 4.45. The van der Waals surface area contributed by atoms with Crippen molar-refractivity contribution in [3.05, 3.63) is 0 Å². The van der Waals surface area contributed by atoms with Gasteiger partial charge in [0.25, 0.3) is 0 Å². The minimum absolute atomic E-state index is 0.0535. The summed E-state index contributed by atoms with van der Waals surface area (Å²) < 4.78 is 0. The van der Waals surface area contributed by atoms with Crippen LogP contribution in [0, 0.1) is 11.3 Å². The van der Waals surface area contributed by atoms with Gasteiger partial charge in [0.1, 0.15) is 0 Å². The monoisotopic (exact) mass is 267 g/mol. The van der Waals surface area contributed by atoms with Gasteiger partial charge in [0.05, 0.1) is 6.10 Å². The van der Waals surface area contributed by atoms with E-state index in [9.17, 15) is 5.11 Å². The fraction of sp³-hybridized carbons (Fsp3) is 1.00. The van der Waals surface area contributed by atoms with Crippen molar-refractivity contribution >= 4 is 0 Å². The minimum Gasteiger partial charge on any atom is -0.393 e. The Bertz CT molecular complexity index is 272. The zero-order valence-electron chi connectivity index (χ0n) is 13.2. The van der Waals surface area contributed by atoms with Crippen LogP contribution in [0.2, 0.25) is 0 Å². The first-order valence-electron chi connectivity index (χ1n) is 8.53. The first kappa shape index (κ1) is 15.3. The zero-order valence-corrected chi connectivity index (χ0v) is 13.2. The number of aliphatic hydroxyl groups excluding tert-OH is 1. The third-order valence-electron chi connectivity index (χ3n) is 5.87. The summed E-state index contributed by atoms with van der Waals surface area (Å²) in [5.74, 6) is 0.775. The molecular weight excluding hydrogens is 234 g/mol. The van der Waals surface area contributed by atoms with Crippen molar-refractivity contribution in [2.45, 2.75) is 84.3 Å². The predicted octanol–water partition coefficient (Wildman–Crippen LogP) is 3.83. The highest BCUT2D eigenvalue weighted by molar-refractivity contribution is 5.00. The average molecular weight is 267 g/mol. The molecule has 2 heteroatoms. The summed E-state index contributed by atoms with van der Waals surface area (Å²) >= 11 is 0. The van der Waals surface area contributed by atoms with Crippen LogP contribution < -0.4 is 0 Å².